The van der Waals surface area contributed by atoms with E-state index in [1.807, 2.05) is 19.0 Å². The van der Waals surface area contributed by atoms with E-state index in [4.69, 9.17) is 29.0 Å². The quantitative estimate of drug-likeness (QED) is 0.101. The van der Waals surface area contributed by atoms with Crippen LogP contribution in [0.25, 0.3) is 11.2 Å². The highest BCUT2D eigenvalue weighted by Gasteiger charge is 2.48. The van der Waals surface area contributed by atoms with Crippen LogP contribution in [0.5, 0.6) is 0 Å². The van der Waals surface area contributed by atoms with Crippen LogP contribution in [0.1, 0.15) is 30.9 Å². The van der Waals surface area contributed by atoms with E-state index in [1.165, 1.54) is 37.5 Å². The van der Waals surface area contributed by atoms with Crippen molar-refractivity contribution in [3.63, 3.8) is 0 Å². The average Bonchev–Trinajstić information content (AvgIpc) is 3.71. The van der Waals surface area contributed by atoms with E-state index in [0.29, 0.717) is 24.1 Å². The number of imidazole rings is 1. The van der Waals surface area contributed by atoms with Gasteiger partial charge in [0, 0.05) is 31.8 Å². The predicted octanol–water partition coefficient (Wildman–Crippen LogP) is -1.13. The number of aliphatic hydroxyl groups excluding tert-OH is 2. The van der Waals surface area contributed by atoms with Crippen LogP contribution in [0.15, 0.2) is 28.4 Å². The molecule has 3 aromatic rings. The highest BCUT2D eigenvalue weighted by atomic mass is 31.2. The molecule has 3 aromatic heterocycles. The normalized spacial score (nSPS) is 27.9. The summed E-state index contributed by atoms with van der Waals surface area (Å²) in [5.74, 6) is 0.175. The van der Waals surface area contributed by atoms with Crippen LogP contribution in [0.3, 0.4) is 0 Å². The summed E-state index contributed by atoms with van der Waals surface area (Å²) >= 11 is 0. The van der Waals surface area contributed by atoms with Crippen molar-refractivity contribution in [2.24, 2.45) is 0 Å². The fourth-order valence-electron chi connectivity index (χ4n) is 5.41. The molecule has 2 fully saturated rings. The van der Waals surface area contributed by atoms with Crippen LogP contribution in [0.2, 0.25) is 0 Å². The number of ether oxygens (including phenoxy) is 3. The molecule has 0 aliphatic carbocycles. The largest absolute Gasteiger partial charge is 0.405 e. The lowest BCUT2D eigenvalue weighted by atomic mass is 10.1. The van der Waals surface area contributed by atoms with Gasteiger partial charge in [-0.05, 0) is 34.0 Å². The summed E-state index contributed by atoms with van der Waals surface area (Å²) in [4.78, 5) is 40.9. The van der Waals surface area contributed by atoms with Gasteiger partial charge in [0.1, 0.15) is 48.6 Å². The summed E-state index contributed by atoms with van der Waals surface area (Å²) in [6.45, 7) is 1.59. The van der Waals surface area contributed by atoms with Gasteiger partial charge < -0.3 is 35.1 Å². The highest BCUT2D eigenvalue weighted by molar-refractivity contribution is 7.51. The maximum atomic E-state index is 14.2. The third kappa shape index (κ3) is 7.23. The fourth-order valence-corrected chi connectivity index (χ4v) is 6.99. The molecule has 2 saturated heterocycles. The molecule has 6 N–H and O–H groups in total. The Balaban J connectivity index is 1.33. The molecule has 19 nitrogen and oxygen atoms in total. The van der Waals surface area contributed by atoms with Crippen LogP contribution >= 0.6 is 7.75 Å². The van der Waals surface area contributed by atoms with Crippen molar-refractivity contribution in [1.82, 2.24) is 39.1 Å². The Hall–Kier alpha value is -3.10. The van der Waals surface area contributed by atoms with Gasteiger partial charge in [0.05, 0.1) is 19.5 Å². The van der Waals surface area contributed by atoms with Crippen molar-refractivity contribution in [3.8, 4) is 0 Å². The first-order valence-corrected chi connectivity index (χ1v) is 16.2. The number of rotatable bonds is 14. The molecule has 20 heteroatoms. The smallest absolute Gasteiger partial charge is 0.394 e. The number of aryl methyl sites for hydroxylation is 1. The number of nitrogen functional groups attached to an aromatic ring is 1. The molecule has 0 amide bonds. The molecular weight excluding hydrogens is 629 g/mol. The number of aromatic amines is 1. The number of methoxy groups -OCH3 is 1. The van der Waals surface area contributed by atoms with E-state index in [-0.39, 0.29) is 31.0 Å². The summed E-state index contributed by atoms with van der Waals surface area (Å²) in [6.07, 6.45) is -2.17. The molecule has 4 unspecified atom stereocenters. The van der Waals surface area contributed by atoms with E-state index in [9.17, 15) is 24.4 Å². The summed E-state index contributed by atoms with van der Waals surface area (Å²) in [6, 6.07) is 0. The molecular formula is C26H40N9O10P. The zero-order chi connectivity index (χ0) is 33.2. The molecule has 254 valence electrons. The number of nitrogens with zero attached hydrogens (tertiary/aromatic N) is 6. The lowest BCUT2D eigenvalue weighted by Crippen LogP contribution is -2.36. The van der Waals surface area contributed by atoms with Gasteiger partial charge in [-0.2, -0.15) is 0 Å². The van der Waals surface area contributed by atoms with Gasteiger partial charge >= 0.3 is 13.4 Å². The Morgan fingerprint density at radius 2 is 2.00 bits per heavy atom. The van der Waals surface area contributed by atoms with Crippen LogP contribution in [-0.4, -0.2) is 122 Å². The Kier molecular flexibility index (Phi) is 10.7. The van der Waals surface area contributed by atoms with Crippen molar-refractivity contribution in [2.75, 3.05) is 53.2 Å². The number of aromatic nitrogens is 6. The van der Waals surface area contributed by atoms with E-state index in [1.54, 1.807) is 4.57 Å². The van der Waals surface area contributed by atoms with E-state index < -0.39 is 68.6 Å². The molecule has 8 atom stereocenters. The monoisotopic (exact) mass is 669 g/mol. The number of nitrogens with one attached hydrogen (secondary N) is 2. The number of hydrogen-bond donors (Lipinski definition) is 5. The van der Waals surface area contributed by atoms with Gasteiger partial charge in [-0.25, -0.2) is 29.4 Å². The third-order valence-electron chi connectivity index (χ3n) is 7.83. The number of anilines is 1. The number of H-pyrrole nitrogens is 1. The number of nitrogens with two attached hydrogens (primary N) is 1. The van der Waals surface area contributed by atoms with Crippen molar-refractivity contribution in [3.05, 3.63) is 45.3 Å². The summed E-state index contributed by atoms with van der Waals surface area (Å²) in [5, 5.41) is 24.0. The molecule has 0 aromatic carbocycles. The maximum Gasteiger partial charge on any atom is 0.405 e. The SMILES string of the molecule is COC1C(O)[C@@H](COP(=O)(NCCCN(C)C)OC2C[C@H](n3cc(C)c(=O)[nH]c3=O)O[C@@H]2CO)O[C@H]1n1cnc2c(N)ncnc21. The second-order valence-electron chi connectivity index (χ2n) is 11.4. The molecule has 0 saturated carbocycles. The predicted molar refractivity (Wildman–Crippen MR) is 162 cm³/mol. The van der Waals surface area contributed by atoms with Gasteiger partial charge in [0.15, 0.2) is 17.7 Å². The van der Waals surface area contributed by atoms with Crippen LogP contribution in [0.4, 0.5) is 5.82 Å². The maximum absolute atomic E-state index is 14.2. The lowest BCUT2D eigenvalue weighted by Gasteiger charge is -2.26. The number of hydrogen-bond acceptors (Lipinski definition) is 15. The Bertz CT molecular complexity index is 1660. The van der Waals surface area contributed by atoms with Gasteiger partial charge in [0.25, 0.3) is 5.56 Å². The van der Waals surface area contributed by atoms with Crippen molar-refractivity contribution in [2.45, 2.75) is 62.7 Å². The molecule has 0 bridgehead atoms. The van der Waals surface area contributed by atoms with Crippen molar-refractivity contribution < 1.29 is 38.0 Å². The molecule has 46 heavy (non-hydrogen) atoms. The van der Waals surface area contributed by atoms with E-state index >= 15 is 0 Å². The first-order valence-electron chi connectivity index (χ1n) is 14.6. The summed E-state index contributed by atoms with van der Waals surface area (Å²) < 4.78 is 46.3. The van der Waals surface area contributed by atoms with Gasteiger partial charge in [0.2, 0.25) is 0 Å². The topological polar surface area (TPSA) is 243 Å². The van der Waals surface area contributed by atoms with E-state index in [0.717, 1.165) is 0 Å². The van der Waals surface area contributed by atoms with Crippen molar-refractivity contribution >= 4 is 24.7 Å². The molecule has 0 spiro atoms. The molecule has 2 aliphatic heterocycles. The second kappa shape index (κ2) is 14.3. The van der Waals surface area contributed by atoms with Gasteiger partial charge in [-0.15, -0.1) is 0 Å². The lowest BCUT2D eigenvalue weighted by molar-refractivity contribution is -0.0600. The first-order chi connectivity index (χ1) is 21.9. The minimum Gasteiger partial charge on any atom is -0.394 e. The Morgan fingerprint density at radius 1 is 1.22 bits per heavy atom. The number of fused-ring (bicyclic) bond motifs is 1. The fraction of sp³-hybridized carbons (Fsp3) is 0.654. The molecule has 5 rings (SSSR count). The molecule has 0 radical (unpaired) electrons. The van der Waals surface area contributed by atoms with Crippen LogP contribution < -0.4 is 22.1 Å². The van der Waals surface area contributed by atoms with E-state index in [2.05, 4.69) is 25.0 Å². The zero-order valence-electron chi connectivity index (χ0n) is 25.9. The Morgan fingerprint density at radius 3 is 2.72 bits per heavy atom. The summed E-state index contributed by atoms with van der Waals surface area (Å²) in [5.41, 5.74) is 5.70. The van der Waals surface area contributed by atoms with Crippen LogP contribution in [0, 0.1) is 6.92 Å². The highest BCUT2D eigenvalue weighted by Crippen LogP contribution is 2.49. The first kappa shape index (κ1) is 34.2. The second-order valence-corrected chi connectivity index (χ2v) is 13.1. The van der Waals surface area contributed by atoms with Gasteiger partial charge in [-0.1, -0.05) is 0 Å². The standard InChI is InChI=1S/C26H40N9O10P/c1-14-9-34(26(39)32-24(14)38)18-8-15(16(10-36)43-18)45-46(40,31-6-5-7-33(2)3)42-11-17-20(37)21(41-4)25(44-17)35-13-30-19-22(27)28-12-29-23(19)35/h9,12-13,15-18,20-21,25,36-37H,5-8,10-11H2,1-4H3,(H,31,40)(H2,27,28,29)(H,32,38,39)/t15?,16-,17-,18-,20?,21?,25-,46?/m1/s1. The molecule has 2 aliphatic rings. The minimum atomic E-state index is -4.15. The third-order valence-corrected chi connectivity index (χ3v) is 9.48. The minimum absolute atomic E-state index is 0.0123. The average molecular weight is 670 g/mol. The summed E-state index contributed by atoms with van der Waals surface area (Å²) in [7, 11) is 1.07. The Labute approximate surface area is 263 Å². The number of aliphatic hydroxyl groups is 2. The van der Waals surface area contributed by atoms with Crippen molar-refractivity contribution in [1.29, 1.82) is 0 Å². The van der Waals surface area contributed by atoms with Crippen LogP contribution in [-0.2, 0) is 27.8 Å². The van der Waals surface area contributed by atoms with Gasteiger partial charge in [-0.3, -0.25) is 28.0 Å². The zero-order valence-corrected chi connectivity index (χ0v) is 26.8. The molecule has 5 heterocycles.